The molecule has 1 aliphatic heterocycles. The molecule has 0 fully saturated rings. The first-order chi connectivity index (χ1) is 13.2. The van der Waals surface area contributed by atoms with Gasteiger partial charge in [-0.25, -0.2) is 4.98 Å². The lowest BCUT2D eigenvalue weighted by Crippen LogP contribution is -2.07. The predicted molar refractivity (Wildman–Crippen MR) is 98.7 cm³/mol. The van der Waals surface area contributed by atoms with Gasteiger partial charge in [-0.3, -0.25) is 9.78 Å². The van der Waals surface area contributed by atoms with Crippen LogP contribution >= 0.6 is 11.8 Å². The van der Waals surface area contributed by atoms with Crippen molar-refractivity contribution in [2.45, 2.75) is 25.0 Å². The van der Waals surface area contributed by atoms with Crippen molar-refractivity contribution in [2.24, 2.45) is 0 Å². The average Bonchev–Trinajstić information content (AvgIpc) is 3.33. The lowest BCUT2D eigenvalue weighted by atomic mass is 10.1. The molecule has 27 heavy (non-hydrogen) atoms. The molecule has 4 rings (SSSR count). The standard InChI is InChI=1S/C18H17N5O3S/c1-2-23-17(14-9-19-5-6-20-14)21-22-18(23)27-10-13(24)7-12-3-4-15-16(8-12)26-11-25-15/h3-6,8-9H,2,7,10-11H2,1H3. The molecule has 9 heteroatoms. The number of aromatic nitrogens is 5. The number of carbonyl (C=O) groups excluding carboxylic acids is 1. The van der Waals surface area contributed by atoms with Crippen molar-refractivity contribution in [2.75, 3.05) is 12.5 Å². The zero-order chi connectivity index (χ0) is 18.6. The van der Waals surface area contributed by atoms with Crippen molar-refractivity contribution < 1.29 is 14.3 Å². The minimum absolute atomic E-state index is 0.102. The third-order valence-electron chi connectivity index (χ3n) is 4.03. The van der Waals surface area contributed by atoms with Crippen LogP contribution in [-0.4, -0.2) is 43.1 Å². The first-order valence-corrected chi connectivity index (χ1v) is 9.45. The Hall–Kier alpha value is -2.94. The van der Waals surface area contributed by atoms with Crippen LogP contribution in [-0.2, 0) is 17.8 Å². The molecular formula is C18H17N5O3S. The van der Waals surface area contributed by atoms with Crippen molar-refractivity contribution in [1.82, 2.24) is 24.7 Å². The van der Waals surface area contributed by atoms with Gasteiger partial charge in [-0.1, -0.05) is 17.8 Å². The van der Waals surface area contributed by atoms with E-state index in [4.69, 9.17) is 9.47 Å². The molecule has 1 aromatic carbocycles. The van der Waals surface area contributed by atoms with Crippen molar-refractivity contribution in [1.29, 1.82) is 0 Å². The summed E-state index contributed by atoms with van der Waals surface area (Å²) >= 11 is 1.38. The summed E-state index contributed by atoms with van der Waals surface area (Å²) in [5.74, 6) is 2.47. The van der Waals surface area contributed by atoms with Gasteiger partial charge < -0.3 is 14.0 Å². The molecule has 0 amide bonds. The first kappa shape index (κ1) is 17.5. The second kappa shape index (κ2) is 7.75. The Balaban J connectivity index is 1.41. The maximum atomic E-state index is 12.4. The minimum Gasteiger partial charge on any atom is -0.454 e. The normalized spacial score (nSPS) is 12.3. The molecule has 0 spiro atoms. The Morgan fingerprint density at radius 2 is 2.11 bits per heavy atom. The lowest BCUT2D eigenvalue weighted by Gasteiger charge is -2.06. The molecule has 138 valence electrons. The molecule has 0 atom stereocenters. The number of benzene rings is 1. The molecule has 2 aromatic heterocycles. The van der Waals surface area contributed by atoms with Gasteiger partial charge in [0.15, 0.2) is 22.5 Å². The van der Waals surface area contributed by atoms with Gasteiger partial charge in [0.25, 0.3) is 0 Å². The van der Waals surface area contributed by atoms with Crippen LogP contribution in [0.25, 0.3) is 11.5 Å². The van der Waals surface area contributed by atoms with Gasteiger partial charge in [0.1, 0.15) is 11.5 Å². The summed E-state index contributed by atoms with van der Waals surface area (Å²) in [4.78, 5) is 20.7. The smallest absolute Gasteiger partial charge is 0.231 e. The molecule has 3 heterocycles. The van der Waals surface area contributed by atoms with E-state index in [2.05, 4.69) is 20.2 Å². The predicted octanol–water partition coefficient (Wildman–Crippen LogP) is 2.39. The fourth-order valence-corrected chi connectivity index (χ4v) is 3.62. The van der Waals surface area contributed by atoms with E-state index in [9.17, 15) is 4.79 Å². The maximum absolute atomic E-state index is 12.4. The van der Waals surface area contributed by atoms with Crippen LogP contribution in [0.15, 0.2) is 41.9 Å². The van der Waals surface area contributed by atoms with E-state index in [1.54, 1.807) is 18.6 Å². The number of nitrogens with zero attached hydrogens (tertiary/aromatic N) is 5. The van der Waals surface area contributed by atoms with Crippen molar-refractivity contribution in [3.05, 3.63) is 42.4 Å². The second-order valence-electron chi connectivity index (χ2n) is 5.83. The van der Waals surface area contributed by atoms with Gasteiger partial charge in [-0.15, -0.1) is 10.2 Å². The zero-order valence-corrected chi connectivity index (χ0v) is 15.5. The molecule has 0 saturated carbocycles. The van der Waals surface area contributed by atoms with Crippen LogP contribution in [0.4, 0.5) is 0 Å². The Morgan fingerprint density at radius 1 is 1.22 bits per heavy atom. The molecule has 0 unspecified atom stereocenters. The maximum Gasteiger partial charge on any atom is 0.231 e. The summed E-state index contributed by atoms with van der Waals surface area (Å²) in [5.41, 5.74) is 1.56. The molecule has 0 saturated heterocycles. The van der Waals surface area contributed by atoms with Gasteiger partial charge in [0.05, 0.1) is 11.9 Å². The Labute approximate surface area is 160 Å². The average molecular weight is 383 g/mol. The van der Waals surface area contributed by atoms with Crippen LogP contribution in [0.5, 0.6) is 11.5 Å². The number of hydrogen-bond acceptors (Lipinski definition) is 8. The summed E-state index contributed by atoms with van der Waals surface area (Å²) in [6.45, 7) is 2.91. The van der Waals surface area contributed by atoms with Gasteiger partial charge >= 0.3 is 0 Å². The summed E-state index contributed by atoms with van der Waals surface area (Å²) < 4.78 is 12.6. The minimum atomic E-state index is 0.102. The van der Waals surface area contributed by atoms with Crippen LogP contribution in [0, 0.1) is 0 Å². The number of ketones is 1. The Morgan fingerprint density at radius 3 is 2.93 bits per heavy atom. The number of rotatable bonds is 7. The Kier molecular flexibility index (Phi) is 5.01. The number of Topliss-reactive ketones (excluding diaryl/α,β-unsaturated/α-hetero) is 1. The highest BCUT2D eigenvalue weighted by Crippen LogP contribution is 2.32. The molecule has 0 radical (unpaired) electrons. The van der Waals surface area contributed by atoms with Crippen LogP contribution in [0.2, 0.25) is 0 Å². The zero-order valence-electron chi connectivity index (χ0n) is 14.7. The van der Waals surface area contributed by atoms with E-state index in [-0.39, 0.29) is 12.6 Å². The number of hydrogen-bond donors (Lipinski definition) is 0. The van der Waals surface area contributed by atoms with E-state index in [1.807, 2.05) is 29.7 Å². The molecule has 1 aliphatic rings. The summed E-state index contributed by atoms with van der Waals surface area (Å²) in [7, 11) is 0. The summed E-state index contributed by atoms with van der Waals surface area (Å²) in [6.07, 6.45) is 5.21. The monoisotopic (exact) mass is 383 g/mol. The third-order valence-corrected chi connectivity index (χ3v) is 5.05. The summed E-state index contributed by atoms with van der Waals surface area (Å²) in [5, 5.41) is 9.11. The molecular weight excluding hydrogens is 366 g/mol. The van der Waals surface area contributed by atoms with Gasteiger partial charge in [0, 0.05) is 25.4 Å². The molecule has 0 N–H and O–H groups in total. The van der Waals surface area contributed by atoms with Crippen LogP contribution < -0.4 is 9.47 Å². The van der Waals surface area contributed by atoms with Crippen molar-refractivity contribution in [3.8, 4) is 23.0 Å². The quantitative estimate of drug-likeness (QED) is 0.574. The van der Waals surface area contributed by atoms with Crippen LogP contribution in [0.3, 0.4) is 0 Å². The number of fused-ring (bicyclic) bond motifs is 1. The van der Waals surface area contributed by atoms with Crippen molar-refractivity contribution in [3.63, 3.8) is 0 Å². The molecule has 3 aromatic rings. The first-order valence-electron chi connectivity index (χ1n) is 8.47. The number of thioether (sulfide) groups is 1. The molecule has 0 bridgehead atoms. The topological polar surface area (TPSA) is 92.0 Å². The number of ether oxygens (including phenoxy) is 2. The van der Waals surface area contributed by atoms with Crippen molar-refractivity contribution >= 4 is 17.5 Å². The van der Waals surface area contributed by atoms with Gasteiger partial charge in [-0.2, -0.15) is 0 Å². The van der Waals surface area contributed by atoms with E-state index < -0.39 is 0 Å². The fraction of sp³-hybridized carbons (Fsp3) is 0.278. The highest BCUT2D eigenvalue weighted by molar-refractivity contribution is 7.99. The van der Waals surface area contributed by atoms with E-state index in [0.717, 1.165) is 5.56 Å². The highest BCUT2D eigenvalue weighted by atomic mass is 32.2. The molecule has 0 aliphatic carbocycles. The number of carbonyl (C=O) groups is 1. The lowest BCUT2D eigenvalue weighted by molar-refractivity contribution is -0.116. The molecule has 8 nitrogen and oxygen atoms in total. The van der Waals surface area contributed by atoms with Gasteiger partial charge in [-0.05, 0) is 24.6 Å². The SMILES string of the molecule is CCn1c(SCC(=O)Cc2ccc3c(c2)OCO3)nnc1-c1cnccn1. The summed E-state index contributed by atoms with van der Waals surface area (Å²) in [6, 6.07) is 5.57. The van der Waals surface area contributed by atoms with E-state index >= 15 is 0 Å². The largest absolute Gasteiger partial charge is 0.454 e. The highest BCUT2D eigenvalue weighted by Gasteiger charge is 2.17. The fourth-order valence-electron chi connectivity index (χ4n) is 2.76. The second-order valence-corrected chi connectivity index (χ2v) is 6.78. The van der Waals surface area contributed by atoms with E-state index in [1.165, 1.54) is 11.8 Å². The van der Waals surface area contributed by atoms with E-state index in [0.29, 0.717) is 46.9 Å². The van der Waals surface area contributed by atoms with Crippen LogP contribution in [0.1, 0.15) is 12.5 Å². The Bertz CT molecular complexity index is 961. The van der Waals surface area contributed by atoms with Gasteiger partial charge in [0.2, 0.25) is 6.79 Å². The third kappa shape index (κ3) is 3.77.